The maximum absolute atomic E-state index is 5.88. The average molecular weight is 276 g/mol. The minimum absolute atomic E-state index is 0.112. The van der Waals surface area contributed by atoms with Crippen molar-refractivity contribution in [3.05, 3.63) is 29.8 Å². The molecular formula is C15H24N4O. The van der Waals surface area contributed by atoms with Crippen molar-refractivity contribution in [1.29, 1.82) is 0 Å². The van der Waals surface area contributed by atoms with E-state index in [9.17, 15) is 0 Å². The second-order valence-electron chi connectivity index (χ2n) is 5.52. The second kappa shape index (κ2) is 6.10. The van der Waals surface area contributed by atoms with Crippen LogP contribution >= 0.6 is 0 Å². The Labute approximate surface area is 120 Å². The van der Waals surface area contributed by atoms with Crippen molar-refractivity contribution >= 4 is 0 Å². The normalized spacial score (nSPS) is 30.2. The van der Waals surface area contributed by atoms with Crippen LogP contribution in [0.15, 0.2) is 24.3 Å². The van der Waals surface area contributed by atoms with Gasteiger partial charge in [0, 0.05) is 44.3 Å². The summed E-state index contributed by atoms with van der Waals surface area (Å²) in [6.07, 6.45) is 0. The molecule has 110 valence electrons. The number of fused-ring (bicyclic) bond motifs is 3. The highest BCUT2D eigenvalue weighted by molar-refractivity contribution is 5.37. The molecule has 0 radical (unpaired) electrons. The minimum Gasteiger partial charge on any atom is -0.494 e. The molecular weight excluding hydrogens is 252 g/mol. The quantitative estimate of drug-likeness (QED) is 0.609. The van der Waals surface area contributed by atoms with Crippen molar-refractivity contribution < 1.29 is 4.74 Å². The van der Waals surface area contributed by atoms with Crippen molar-refractivity contribution in [1.82, 2.24) is 15.2 Å². The number of para-hydroxylation sites is 1. The molecule has 2 bridgehead atoms. The minimum atomic E-state index is 0.112. The molecule has 0 saturated carbocycles. The summed E-state index contributed by atoms with van der Waals surface area (Å²) in [5.74, 6) is 6.82. The lowest BCUT2D eigenvalue weighted by molar-refractivity contribution is -0.00406. The molecule has 2 unspecified atom stereocenters. The topological polar surface area (TPSA) is 53.8 Å². The maximum atomic E-state index is 5.88. The highest BCUT2D eigenvalue weighted by Gasteiger charge is 2.37. The molecule has 5 nitrogen and oxygen atoms in total. The van der Waals surface area contributed by atoms with E-state index in [0.29, 0.717) is 12.6 Å². The number of nitrogens with two attached hydrogens (primary N) is 1. The molecule has 3 aliphatic heterocycles. The molecule has 2 atom stereocenters. The largest absolute Gasteiger partial charge is 0.494 e. The van der Waals surface area contributed by atoms with Crippen LogP contribution in [0.4, 0.5) is 0 Å². The van der Waals surface area contributed by atoms with Gasteiger partial charge in [0.1, 0.15) is 5.75 Å². The summed E-state index contributed by atoms with van der Waals surface area (Å²) in [5, 5.41) is 0. The van der Waals surface area contributed by atoms with E-state index < -0.39 is 0 Å². The van der Waals surface area contributed by atoms with Gasteiger partial charge in [0.2, 0.25) is 0 Å². The summed E-state index contributed by atoms with van der Waals surface area (Å²) in [7, 11) is 0. The van der Waals surface area contributed by atoms with Crippen LogP contribution in [0, 0.1) is 0 Å². The summed E-state index contributed by atoms with van der Waals surface area (Å²) >= 11 is 0. The lowest BCUT2D eigenvalue weighted by atomic mass is 9.94. The van der Waals surface area contributed by atoms with Gasteiger partial charge in [-0.25, -0.2) is 0 Å². The Morgan fingerprint density at radius 1 is 1.30 bits per heavy atom. The Balaban J connectivity index is 1.86. The fourth-order valence-electron chi connectivity index (χ4n) is 3.41. The molecule has 4 rings (SSSR count). The van der Waals surface area contributed by atoms with Crippen LogP contribution in [-0.2, 0) is 0 Å². The van der Waals surface area contributed by atoms with Gasteiger partial charge in [-0.2, -0.15) is 0 Å². The van der Waals surface area contributed by atoms with Crippen molar-refractivity contribution in [3.63, 3.8) is 0 Å². The molecule has 3 saturated heterocycles. The zero-order valence-electron chi connectivity index (χ0n) is 12.1. The van der Waals surface area contributed by atoms with Crippen LogP contribution < -0.4 is 16.0 Å². The first kappa shape index (κ1) is 13.8. The van der Waals surface area contributed by atoms with Crippen LogP contribution in [0.5, 0.6) is 5.75 Å². The monoisotopic (exact) mass is 276 g/mol. The molecule has 3 aliphatic rings. The molecule has 5 heteroatoms. The number of ether oxygens (including phenoxy) is 1. The van der Waals surface area contributed by atoms with Crippen LogP contribution in [0.2, 0.25) is 0 Å². The Hall–Kier alpha value is -1.14. The number of benzene rings is 1. The average Bonchev–Trinajstić information content (AvgIpc) is 2.51. The molecule has 0 spiro atoms. The molecule has 0 amide bonds. The number of nitrogens with one attached hydrogen (secondary N) is 1. The number of hydrogen-bond donors (Lipinski definition) is 2. The predicted molar refractivity (Wildman–Crippen MR) is 79.5 cm³/mol. The summed E-state index contributed by atoms with van der Waals surface area (Å²) in [5.41, 5.74) is 4.19. The third-order valence-corrected chi connectivity index (χ3v) is 4.44. The van der Waals surface area contributed by atoms with Gasteiger partial charge in [0.05, 0.1) is 12.6 Å². The summed E-state index contributed by atoms with van der Waals surface area (Å²) in [4.78, 5) is 5.07. The summed E-state index contributed by atoms with van der Waals surface area (Å²) in [6, 6.07) is 8.75. The van der Waals surface area contributed by atoms with Gasteiger partial charge >= 0.3 is 0 Å². The van der Waals surface area contributed by atoms with Crippen LogP contribution in [0.3, 0.4) is 0 Å². The van der Waals surface area contributed by atoms with Crippen LogP contribution in [-0.4, -0.2) is 55.2 Å². The van der Waals surface area contributed by atoms with E-state index in [4.69, 9.17) is 10.6 Å². The molecule has 0 aliphatic carbocycles. The zero-order chi connectivity index (χ0) is 13.9. The highest BCUT2D eigenvalue weighted by Crippen LogP contribution is 2.32. The number of hydrogen-bond acceptors (Lipinski definition) is 5. The van der Waals surface area contributed by atoms with Crippen molar-refractivity contribution in [2.24, 2.45) is 5.84 Å². The molecule has 20 heavy (non-hydrogen) atoms. The molecule has 0 aromatic heterocycles. The molecule has 3 heterocycles. The Kier molecular flexibility index (Phi) is 4.21. The van der Waals surface area contributed by atoms with Gasteiger partial charge in [-0.3, -0.25) is 21.1 Å². The van der Waals surface area contributed by atoms with Gasteiger partial charge in [-0.05, 0) is 13.0 Å². The molecule has 1 aromatic carbocycles. The van der Waals surface area contributed by atoms with Gasteiger partial charge < -0.3 is 4.74 Å². The van der Waals surface area contributed by atoms with E-state index in [1.807, 2.05) is 19.1 Å². The van der Waals surface area contributed by atoms with E-state index >= 15 is 0 Å². The first-order valence-electron chi connectivity index (χ1n) is 7.47. The first-order chi connectivity index (χ1) is 9.83. The Morgan fingerprint density at radius 3 is 2.65 bits per heavy atom. The van der Waals surface area contributed by atoms with Gasteiger partial charge in [-0.15, -0.1) is 0 Å². The predicted octanol–water partition coefficient (Wildman–Crippen LogP) is 0.590. The van der Waals surface area contributed by atoms with E-state index in [1.54, 1.807) is 0 Å². The van der Waals surface area contributed by atoms with Crippen molar-refractivity contribution in [2.45, 2.75) is 19.0 Å². The van der Waals surface area contributed by atoms with Gasteiger partial charge in [-0.1, -0.05) is 18.2 Å². The third-order valence-electron chi connectivity index (χ3n) is 4.44. The summed E-state index contributed by atoms with van der Waals surface area (Å²) < 4.78 is 5.76. The van der Waals surface area contributed by atoms with Crippen molar-refractivity contribution in [2.75, 3.05) is 39.3 Å². The third kappa shape index (κ3) is 2.54. The van der Waals surface area contributed by atoms with Gasteiger partial charge in [0.15, 0.2) is 0 Å². The number of rotatable bonds is 5. The first-order valence-corrected chi connectivity index (χ1v) is 7.47. The highest BCUT2D eigenvalue weighted by atomic mass is 16.5. The van der Waals surface area contributed by atoms with Crippen LogP contribution in [0.25, 0.3) is 0 Å². The standard InChI is InChI=1S/C15H24N4O/c1-2-20-14-6-4-3-5-12(14)15(17-16)13-11-18-7-9-19(13)10-8-18/h3-6,13,15,17H,2,7-11,16H2,1H3. The van der Waals surface area contributed by atoms with E-state index in [-0.39, 0.29) is 6.04 Å². The molecule has 3 fully saturated rings. The van der Waals surface area contributed by atoms with Gasteiger partial charge in [0.25, 0.3) is 0 Å². The lowest BCUT2D eigenvalue weighted by Crippen LogP contribution is -2.64. The SMILES string of the molecule is CCOc1ccccc1C(NN)C1CN2CCN1CC2. The summed E-state index contributed by atoms with van der Waals surface area (Å²) in [6.45, 7) is 8.41. The molecule has 1 aromatic rings. The lowest BCUT2D eigenvalue weighted by Gasteiger charge is -2.50. The molecule has 3 N–H and O–H groups in total. The van der Waals surface area contributed by atoms with Crippen molar-refractivity contribution in [3.8, 4) is 5.75 Å². The number of hydrazine groups is 1. The Bertz CT molecular complexity index is 445. The Morgan fingerprint density at radius 2 is 2.05 bits per heavy atom. The maximum Gasteiger partial charge on any atom is 0.124 e. The number of piperazine rings is 3. The van der Waals surface area contributed by atoms with Crippen LogP contribution in [0.1, 0.15) is 18.5 Å². The fraction of sp³-hybridized carbons (Fsp3) is 0.600. The zero-order valence-corrected chi connectivity index (χ0v) is 12.1. The van der Waals surface area contributed by atoms with E-state index in [0.717, 1.165) is 30.9 Å². The fourth-order valence-corrected chi connectivity index (χ4v) is 3.41. The smallest absolute Gasteiger partial charge is 0.124 e. The number of nitrogens with zero attached hydrogens (tertiary/aromatic N) is 2. The van der Waals surface area contributed by atoms with E-state index in [2.05, 4.69) is 27.4 Å². The van der Waals surface area contributed by atoms with E-state index in [1.165, 1.54) is 13.1 Å². The second-order valence-corrected chi connectivity index (χ2v) is 5.52.